The first-order valence-electron chi connectivity index (χ1n) is 5.74. The maximum absolute atomic E-state index is 10.4. The van der Waals surface area contributed by atoms with Gasteiger partial charge in [0.1, 0.15) is 6.29 Å². The molecule has 1 saturated carbocycles. The molecule has 1 aromatic rings. The minimum atomic E-state index is 0. The monoisotopic (exact) mass is 286 g/mol. The van der Waals surface area contributed by atoms with E-state index >= 15 is 0 Å². The summed E-state index contributed by atoms with van der Waals surface area (Å²) in [6.45, 7) is 0. The van der Waals surface area contributed by atoms with E-state index in [0.717, 1.165) is 17.8 Å². The van der Waals surface area contributed by atoms with Gasteiger partial charge in [0.15, 0.2) is 0 Å². The molecule has 1 aliphatic rings. The fourth-order valence-corrected chi connectivity index (χ4v) is 2.28. The molecule has 0 aromatic heterocycles. The maximum atomic E-state index is 10.4. The Labute approximate surface area is 147 Å². The van der Waals surface area contributed by atoms with Crippen molar-refractivity contribution in [1.29, 1.82) is 0 Å². The summed E-state index contributed by atoms with van der Waals surface area (Å²) in [6.07, 6.45) is 8.96. The van der Waals surface area contributed by atoms with Crippen LogP contribution in [0.2, 0.25) is 0 Å². The molecule has 0 heterocycles. The number of hydrogen-bond acceptors (Lipinski definition) is 1. The number of benzene rings is 1. The van der Waals surface area contributed by atoms with Crippen LogP contribution in [0, 0.1) is 6.42 Å². The van der Waals surface area contributed by atoms with Crippen LogP contribution in [0.1, 0.15) is 42.7 Å². The van der Waals surface area contributed by atoms with E-state index in [1.807, 2.05) is 0 Å². The number of rotatable bonds is 3. The van der Waals surface area contributed by atoms with Gasteiger partial charge in [-0.05, 0) is 17.0 Å². The van der Waals surface area contributed by atoms with Crippen LogP contribution in [-0.2, 0) is 11.2 Å². The summed E-state index contributed by atoms with van der Waals surface area (Å²) in [5, 5.41) is 0. The SMILES string of the molecule is O=CCc1ccc(C2CC[CH-]CC2)cc1.[Rb+]. The van der Waals surface area contributed by atoms with Crippen molar-refractivity contribution in [2.45, 2.75) is 38.0 Å². The number of hydrogen-bond donors (Lipinski definition) is 0. The third kappa shape index (κ3) is 4.17. The molecule has 1 aromatic carbocycles. The molecular weight excluding hydrogens is 270 g/mol. The molecule has 0 unspecified atom stereocenters. The normalized spacial score (nSPS) is 16.5. The van der Waals surface area contributed by atoms with E-state index < -0.39 is 0 Å². The van der Waals surface area contributed by atoms with Crippen molar-refractivity contribution in [1.82, 2.24) is 0 Å². The van der Waals surface area contributed by atoms with E-state index in [9.17, 15) is 4.79 Å². The zero-order valence-electron chi connectivity index (χ0n) is 9.99. The molecular formula is C14H17ORb. The quantitative estimate of drug-likeness (QED) is 0.577. The van der Waals surface area contributed by atoms with Crippen LogP contribution < -0.4 is 58.2 Å². The second-order valence-corrected chi connectivity index (χ2v) is 4.25. The maximum Gasteiger partial charge on any atom is 1.00 e. The molecule has 0 spiro atoms. The van der Waals surface area contributed by atoms with Crippen molar-refractivity contribution in [3.8, 4) is 0 Å². The molecule has 1 nitrogen and oxygen atoms in total. The van der Waals surface area contributed by atoms with E-state index in [1.165, 1.54) is 31.2 Å². The molecule has 0 amide bonds. The Balaban J connectivity index is 0.00000128. The molecule has 0 bridgehead atoms. The topological polar surface area (TPSA) is 17.1 Å². The molecule has 0 N–H and O–H groups in total. The van der Waals surface area contributed by atoms with Crippen LogP contribution >= 0.6 is 0 Å². The smallest absolute Gasteiger partial charge is 0.328 e. The molecule has 0 atom stereocenters. The first kappa shape index (κ1) is 14.8. The van der Waals surface area contributed by atoms with Crippen LogP contribution in [-0.4, -0.2) is 6.29 Å². The van der Waals surface area contributed by atoms with Gasteiger partial charge in [-0.15, -0.1) is 0 Å². The molecule has 0 radical (unpaired) electrons. The van der Waals surface area contributed by atoms with Gasteiger partial charge in [0.2, 0.25) is 0 Å². The Morgan fingerprint density at radius 3 is 2.38 bits per heavy atom. The fraction of sp³-hybridized carbons (Fsp3) is 0.429. The van der Waals surface area contributed by atoms with E-state index in [2.05, 4.69) is 30.7 Å². The first-order chi connectivity index (χ1) is 7.40. The Morgan fingerprint density at radius 1 is 1.19 bits per heavy atom. The average molecular weight is 287 g/mol. The summed E-state index contributed by atoms with van der Waals surface area (Å²) in [4.78, 5) is 10.4. The third-order valence-electron chi connectivity index (χ3n) is 3.21. The van der Waals surface area contributed by atoms with Gasteiger partial charge >= 0.3 is 58.2 Å². The van der Waals surface area contributed by atoms with E-state index in [0.29, 0.717) is 6.42 Å². The van der Waals surface area contributed by atoms with Crippen LogP contribution in [0.5, 0.6) is 0 Å². The molecule has 0 aliphatic heterocycles. The van der Waals surface area contributed by atoms with Gasteiger partial charge in [-0.2, -0.15) is 12.8 Å². The zero-order valence-corrected chi connectivity index (χ0v) is 14.9. The van der Waals surface area contributed by atoms with Crippen molar-refractivity contribution in [2.24, 2.45) is 0 Å². The Hall–Kier alpha value is 0.695. The molecule has 2 rings (SSSR count). The van der Waals surface area contributed by atoms with Crippen molar-refractivity contribution in [2.75, 3.05) is 0 Å². The van der Waals surface area contributed by atoms with Crippen molar-refractivity contribution in [3.05, 3.63) is 41.8 Å². The summed E-state index contributed by atoms with van der Waals surface area (Å²) in [7, 11) is 0. The van der Waals surface area contributed by atoms with Gasteiger partial charge < -0.3 is 11.2 Å². The van der Waals surface area contributed by atoms with Crippen LogP contribution in [0.25, 0.3) is 0 Å². The van der Waals surface area contributed by atoms with Gasteiger partial charge in [0.05, 0.1) is 0 Å². The summed E-state index contributed by atoms with van der Waals surface area (Å²) < 4.78 is 0. The van der Waals surface area contributed by atoms with E-state index in [-0.39, 0.29) is 58.2 Å². The predicted molar refractivity (Wildman–Crippen MR) is 61.7 cm³/mol. The third-order valence-corrected chi connectivity index (χ3v) is 3.21. The van der Waals surface area contributed by atoms with Gasteiger partial charge in [0.25, 0.3) is 0 Å². The summed E-state index contributed by atoms with van der Waals surface area (Å²) >= 11 is 0. The first-order valence-corrected chi connectivity index (χ1v) is 5.74. The molecule has 2 heteroatoms. The fourth-order valence-electron chi connectivity index (χ4n) is 2.28. The van der Waals surface area contributed by atoms with Gasteiger partial charge in [-0.25, -0.2) is 0 Å². The summed E-state index contributed by atoms with van der Waals surface area (Å²) in [6, 6.07) is 8.55. The average Bonchev–Trinajstić information content (AvgIpc) is 2.32. The van der Waals surface area contributed by atoms with Crippen LogP contribution in [0.3, 0.4) is 0 Å². The predicted octanol–water partition coefficient (Wildman–Crippen LogP) is 0.294. The van der Waals surface area contributed by atoms with Gasteiger partial charge in [-0.1, -0.05) is 37.1 Å². The summed E-state index contributed by atoms with van der Waals surface area (Å²) in [5.74, 6) is 0.736. The zero-order chi connectivity index (χ0) is 10.5. The largest absolute Gasteiger partial charge is 1.00 e. The van der Waals surface area contributed by atoms with Crippen LogP contribution in [0.4, 0.5) is 0 Å². The molecule has 1 fully saturated rings. The molecule has 80 valence electrons. The van der Waals surface area contributed by atoms with E-state index in [4.69, 9.17) is 0 Å². The summed E-state index contributed by atoms with van der Waals surface area (Å²) in [5.41, 5.74) is 2.56. The van der Waals surface area contributed by atoms with Crippen LogP contribution in [0.15, 0.2) is 24.3 Å². The number of aldehydes is 1. The second kappa shape index (κ2) is 7.91. The number of carbonyl (C=O) groups is 1. The Bertz CT molecular complexity index is 312. The second-order valence-electron chi connectivity index (χ2n) is 4.25. The molecule has 16 heavy (non-hydrogen) atoms. The van der Waals surface area contributed by atoms with Crippen molar-refractivity contribution < 1.29 is 63.0 Å². The molecule has 0 saturated heterocycles. The van der Waals surface area contributed by atoms with Gasteiger partial charge in [0, 0.05) is 6.42 Å². The standard InChI is InChI=1S/C14H17O.Rb/c15-11-10-12-6-8-14(9-7-12)13-4-2-1-3-5-13;/h1,6-9,11,13H,2-5,10H2;/q-1;+1. The minimum Gasteiger partial charge on any atom is -0.328 e. The molecule has 1 aliphatic carbocycles. The van der Waals surface area contributed by atoms with Gasteiger partial charge in [-0.3, -0.25) is 0 Å². The Kier molecular flexibility index (Phi) is 7.30. The minimum absolute atomic E-state index is 0. The van der Waals surface area contributed by atoms with Crippen molar-refractivity contribution >= 4 is 6.29 Å². The van der Waals surface area contributed by atoms with E-state index in [1.54, 1.807) is 0 Å². The van der Waals surface area contributed by atoms with Crippen molar-refractivity contribution in [3.63, 3.8) is 0 Å². The Morgan fingerprint density at radius 2 is 1.81 bits per heavy atom. The number of carbonyl (C=O) groups excluding carboxylic acids is 1.